The molecule has 0 aliphatic carbocycles. The summed E-state index contributed by atoms with van der Waals surface area (Å²) >= 11 is 1.33. The van der Waals surface area contributed by atoms with Crippen molar-refractivity contribution >= 4 is 29.3 Å². The second-order valence-corrected chi connectivity index (χ2v) is 8.82. The van der Waals surface area contributed by atoms with E-state index in [1.165, 1.54) is 11.3 Å². The first-order chi connectivity index (χ1) is 15.3. The van der Waals surface area contributed by atoms with Gasteiger partial charge in [-0.2, -0.15) is 0 Å². The molecule has 3 rings (SSSR count). The number of carbonyl (C=O) groups excluding carboxylic acids is 1. The first kappa shape index (κ1) is 23.3. The van der Waals surface area contributed by atoms with E-state index in [0.717, 1.165) is 45.1 Å². The van der Waals surface area contributed by atoms with E-state index in [0.29, 0.717) is 17.0 Å². The van der Waals surface area contributed by atoms with Crippen LogP contribution in [-0.4, -0.2) is 35.7 Å². The van der Waals surface area contributed by atoms with E-state index < -0.39 is 5.91 Å². The fourth-order valence-corrected chi connectivity index (χ4v) is 4.17. The van der Waals surface area contributed by atoms with Gasteiger partial charge in [-0.25, -0.2) is 9.98 Å². The number of aryl methyl sites for hydroxylation is 3. The number of aliphatic imine (C=N–C) groups is 1. The molecule has 0 atom stereocenters. The summed E-state index contributed by atoms with van der Waals surface area (Å²) in [4.78, 5) is 24.4. The Morgan fingerprint density at radius 1 is 1.16 bits per heavy atom. The number of nitrogens with zero attached hydrogens (tertiary/aromatic N) is 5. The van der Waals surface area contributed by atoms with Crippen LogP contribution in [0.5, 0.6) is 0 Å². The smallest absolute Gasteiger partial charge is 0.309 e. The Labute approximate surface area is 192 Å². The van der Waals surface area contributed by atoms with Crippen molar-refractivity contribution in [3.8, 4) is 11.3 Å². The van der Waals surface area contributed by atoms with Gasteiger partial charge in [0, 0.05) is 25.6 Å². The molecule has 0 aliphatic heterocycles. The lowest BCUT2D eigenvalue weighted by Gasteiger charge is -2.11. The monoisotopic (exact) mass is 448 g/mol. The number of hydrogen-bond acceptors (Lipinski definition) is 5. The zero-order valence-electron chi connectivity index (χ0n) is 19.1. The van der Waals surface area contributed by atoms with Crippen LogP contribution in [0.25, 0.3) is 11.3 Å². The fraction of sp³-hybridized carbons (Fsp3) is 0.292. The zero-order valence-corrected chi connectivity index (χ0v) is 19.9. The molecule has 1 aromatic heterocycles. The second kappa shape index (κ2) is 10.3. The van der Waals surface area contributed by atoms with Crippen LogP contribution in [0.1, 0.15) is 43.9 Å². The molecular weight excluding hydrogens is 420 g/mol. The predicted molar refractivity (Wildman–Crippen MR) is 131 cm³/mol. The van der Waals surface area contributed by atoms with E-state index in [1.54, 1.807) is 0 Å². The van der Waals surface area contributed by atoms with E-state index in [4.69, 9.17) is 10.8 Å². The van der Waals surface area contributed by atoms with Gasteiger partial charge in [0.1, 0.15) is 4.88 Å². The Morgan fingerprint density at radius 2 is 1.88 bits per heavy atom. The third-order valence-corrected chi connectivity index (χ3v) is 6.27. The lowest BCUT2D eigenvalue weighted by molar-refractivity contribution is 0.0998. The predicted octanol–water partition coefficient (Wildman–Crippen LogP) is 5.40. The summed E-state index contributed by atoms with van der Waals surface area (Å²) in [5.41, 5.74) is 6.93. The normalized spacial score (nSPS) is 11.5. The van der Waals surface area contributed by atoms with Crippen LogP contribution in [0.2, 0.25) is 0 Å². The van der Waals surface area contributed by atoms with Crippen LogP contribution in [0, 0.1) is 20.8 Å². The third-order valence-electron chi connectivity index (χ3n) is 5.23. The van der Waals surface area contributed by atoms with Crippen molar-refractivity contribution in [1.82, 2.24) is 9.88 Å². The second-order valence-electron chi connectivity index (χ2n) is 7.73. The van der Waals surface area contributed by atoms with Crippen molar-refractivity contribution in [1.29, 1.82) is 0 Å². The van der Waals surface area contributed by atoms with Crippen LogP contribution in [-0.2, 0) is 6.42 Å². The van der Waals surface area contributed by atoms with Gasteiger partial charge in [-0.3, -0.25) is 4.79 Å². The molecule has 0 unspecified atom stereocenters. The van der Waals surface area contributed by atoms with Crippen molar-refractivity contribution in [2.45, 2.75) is 34.1 Å². The van der Waals surface area contributed by atoms with Gasteiger partial charge in [0.2, 0.25) is 0 Å². The first-order valence-electron chi connectivity index (χ1n) is 10.4. The summed E-state index contributed by atoms with van der Waals surface area (Å²) in [7, 11) is 2.00. The van der Waals surface area contributed by atoms with Crippen LogP contribution >= 0.6 is 11.3 Å². The van der Waals surface area contributed by atoms with E-state index in [1.807, 2.05) is 49.5 Å². The van der Waals surface area contributed by atoms with Gasteiger partial charge in [0.25, 0.3) is 0 Å². The average molecular weight is 449 g/mol. The van der Waals surface area contributed by atoms with Gasteiger partial charge in [0.05, 0.1) is 22.7 Å². The minimum atomic E-state index is -0.482. The highest BCUT2D eigenvalue weighted by Gasteiger charge is 2.20. The van der Waals surface area contributed by atoms with E-state index >= 15 is 0 Å². The molecule has 166 valence electrons. The van der Waals surface area contributed by atoms with Gasteiger partial charge in [-0.1, -0.05) is 46.2 Å². The van der Waals surface area contributed by atoms with Crippen molar-refractivity contribution in [2.75, 3.05) is 13.6 Å². The highest BCUT2D eigenvalue weighted by molar-refractivity contribution is 7.14. The van der Waals surface area contributed by atoms with Crippen LogP contribution < -0.4 is 5.84 Å². The number of hydrogen-bond donors (Lipinski definition) is 1. The molecule has 0 bridgehead atoms. The van der Waals surface area contributed by atoms with Crippen LogP contribution in [0.3, 0.4) is 0 Å². The molecule has 1 heterocycles. The summed E-state index contributed by atoms with van der Waals surface area (Å²) < 4.78 is 0. The van der Waals surface area contributed by atoms with E-state index in [-0.39, 0.29) is 0 Å². The minimum absolute atomic E-state index is 0.441. The maximum Gasteiger partial charge on any atom is 0.309 e. The minimum Gasteiger partial charge on any atom is -0.366 e. The van der Waals surface area contributed by atoms with Crippen LogP contribution in [0.15, 0.2) is 51.7 Å². The summed E-state index contributed by atoms with van der Waals surface area (Å²) in [6.07, 6.45) is 2.46. The molecule has 7 nitrogen and oxygen atoms in total. The molecule has 0 aliphatic rings. The van der Waals surface area contributed by atoms with Crippen LogP contribution in [0.4, 0.5) is 5.69 Å². The maximum absolute atomic E-state index is 12.5. The Hall–Kier alpha value is -3.39. The molecule has 32 heavy (non-hydrogen) atoms. The molecule has 0 radical (unpaired) electrons. The Bertz CT molecular complexity index is 1160. The van der Waals surface area contributed by atoms with Crippen molar-refractivity contribution < 1.29 is 4.79 Å². The highest BCUT2D eigenvalue weighted by atomic mass is 32.1. The van der Waals surface area contributed by atoms with Crippen molar-refractivity contribution in [3.05, 3.63) is 68.5 Å². The summed E-state index contributed by atoms with van der Waals surface area (Å²) in [6.45, 7) is 9.13. The molecule has 0 saturated carbocycles. The van der Waals surface area contributed by atoms with Gasteiger partial charge in [0.15, 0.2) is 0 Å². The van der Waals surface area contributed by atoms with E-state index in [9.17, 15) is 4.79 Å². The largest absolute Gasteiger partial charge is 0.366 e. The van der Waals surface area contributed by atoms with E-state index in [2.05, 4.69) is 48.2 Å². The molecule has 1 amide bonds. The number of benzene rings is 2. The van der Waals surface area contributed by atoms with Gasteiger partial charge in [-0.15, -0.1) is 11.3 Å². The van der Waals surface area contributed by atoms with Crippen molar-refractivity contribution in [3.63, 3.8) is 0 Å². The van der Waals surface area contributed by atoms with Crippen molar-refractivity contribution in [2.24, 2.45) is 21.2 Å². The quantitative estimate of drug-likeness (QED) is 0.172. The average Bonchev–Trinajstić information content (AvgIpc) is 3.19. The first-order valence-corrected chi connectivity index (χ1v) is 11.2. The number of rotatable bonds is 7. The zero-order chi connectivity index (χ0) is 23.3. The summed E-state index contributed by atoms with van der Waals surface area (Å²) in [6, 6.07) is 12.1. The highest BCUT2D eigenvalue weighted by Crippen LogP contribution is 2.32. The van der Waals surface area contributed by atoms with Gasteiger partial charge >= 0.3 is 5.91 Å². The van der Waals surface area contributed by atoms with Gasteiger partial charge < -0.3 is 10.7 Å². The molecule has 3 aromatic rings. The molecule has 2 aromatic carbocycles. The number of carbonyl (C=O) groups is 1. The number of amides is 1. The lowest BCUT2D eigenvalue weighted by atomic mass is 10.0. The standard InChI is InChI=1S/C24H28N6OS/c1-6-30(5)14-26-20-12-16(3)19(11-17(20)4)13-21-27-22(18-9-7-15(2)8-10-18)23(32-21)24(31)28-29-25/h7-12,14H,6,13H2,1-5H3,(H2,25,28,31)/b26-14+. The number of thiazole rings is 1. The molecule has 8 heteroatoms. The summed E-state index contributed by atoms with van der Waals surface area (Å²) in [5.74, 6) is 4.63. The molecule has 0 fully saturated rings. The van der Waals surface area contributed by atoms with Gasteiger partial charge in [-0.05, 0) is 50.5 Å². The number of nitrogens with two attached hydrogens (primary N) is 1. The SMILES string of the molecule is CCN(C)/C=N/c1cc(C)c(Cc2nc(-c3ccc(C)cc3)c(C(=O)N=NN)s2)cc1C. The third kappa shape index (κ3) is 5.45. The molecule has 0 spiro atoms. The molecule has 2 N–H and O–H groups in total. The molecule has 0 saturated heterocycles. The molecular formula is C24H28N6OS. The fourth-order valence-electron chi connectivity index (χ4n) is 3.19. The Kier molecular flexibility index (Phi) is 7.48. The topological polar surface area (TPSA) is 96.3 Å². The summed E-state index contributed by atoms with van der Waals surface area (Å²) in [5, 5.41) is 7.52. The Balaban J connectivity index is 1.96. The maximum atomic E-state index is 12.5. The number of aromatic nitrogens is 1. The lowest BCUT2D eigenvalue weighted by Crippen LogP contribution is -2.14. The Morgan fingerprint density at radius 3 is 2.53 bits per heavy atom.